The van der Waals surface area contributed by atoms with Gasteiger partial charge in [-0.25, -0.2) is 4.79 Å². The molecule has 4 heterocycles. The van der Waals surface area contributed by atoms with Gasteiger partial charge in [0.2, 0.25) is 0 Å². The van der Waals surface area contributed by atoms with Gasteiger partial charge < -0.3 is 19.7 Å². The minimum atomic E-state index is -0.436. The Hall–Kier alpha value is -3.20. The molecule has 0 radical (unpaired) electrons. The van der Waals surface area contributed by atoms with Crippen LogP contribution >= 0.6 is 0 Å². The van der Waals surface area contributed by atoms with E-state index in [1.54, 1.807) is 24.3 Å². The summed E-state index contributed by atoms with van der Waals surface area (Å²) in [6.45, 7) is 8.46. The molecule has 3 aliphatic heterocycles. The molecule has 39 heavy (non-hydrogen) atoms. The van der Waals surface area contributed by atoms with Crippen LogP contribution in [0.25, 0.3) is 0 Å². The number of esters is 1. The van der Waals surface area contributed by atoms with Crippen LogP contribution in [0.1, 0.15) is 88.4 Å². The molecule has 2 aromatic rings. The van der Waals surface area contributed by atoms with Crippen molar-refractivity contribution in [3.05, 3.63) is 52.3 Å². The second kappa shape index (κ2) is 11.9. The number of aryl methyl sites for hydroxylation is 1. The summed E-state index contributed by atoms with van der Waals surface area (Å²) in [5, 5.41) is 7.97. The van der Waals surface area contributed by atoms with Crippen LogP contribution < -0.4 is 5.32 Å². The molecular formula is C30H40N4O5. The Kier molecular flexibility index (Phi) is 8.35. The maximum atomic E-state index is 13.1. The van der Waals surface area contributed by atoms with Gasteiger partial charge >= 0.3 is 5.97 Å². The van der Waals surface area contributed by atoms with Gasteiger partial charge in [0.25, 0.3) is 11.8 Å². The van der Waals surface area contributed by atoms with Crippen molar-refractivity contribution >= 4 is 17.8 Å². The number of hydrogen-bond acceptors (Lipinski definition) is 6. The van der Waals surface area contributed by atoms with Crippen LogP contribution in [-0.4, -0.2) is 71.9 Å². The predicted molar refractivity (Wildman–Crippen MR) is 146 cm³/mol. The lowest BCUT2D eigenvalue weighted by Gasteiger charge is -2.36. The van der Waals surface area contributed by atoms with Gasteiger partial charge in [0.05, 0.1) is 17.9 Å². The minimum absolute atomic E-state index is 0.00775. The van der Waals surface area contributed by atoms with Gasteiger partial charge in [0, 0.05) is 50.5 Å². The number of nitrogens with zero attached hydrogens (tertiary/aromatic N) is 3. The molecule has 1 spiro atoms. The molecule has 2 fully saturated rings. The fraction of sp³-hybridized carbons (Fsp3) is 0.600. The van der Waals surface area contributed by atoms with Crippen LogP contribution in [-0.2, 0) is 28.9 Å². The van der Waals surface area contributed by atoms with Gasteiger partial charge in [-0.3, -0.25) is 14.3 Å². The van der Waals surface area contributed by atoms with E-state index in [1.165, 1.54) is 0 Å². The molecule has 5 rings (SSSR count). The van der Waals surface area contributed by atoms with E-state index >= 15 is 0 Å². The average Bonchev–Trinajstić information content (AvgIpc) is 3.24. The lowest BCUT2D eigenvalue weighted by molar-refractivity contribution is 0.0160. The molecule has 1 aromatic heterocycles. The minimum Gasteiger partial charge on any atom is -0.462 e. The summed E-state index contributed by atoms with van der Waals surface area (Å²) < 4.78 is 13.1. The van der Waals surface area contributed by atoms with Gasteiger partial charge in [0.15, 0.2) is 0 Å². The number of fused-ring (bicyclic) bond motifs is 1. The monoisotopic (exact) mass is 536 g/mol. The Morgan fingerprint density at radius 3 is 2.64 bits per heavy atom. The highest BCUT2D eigenvalue weighted by Crippen LogP contribution is 2.38. The van der Waals surface area contributed by atoms with E-state index in [1.807, 2.05) is 23.4 Å². The van der Waals surface area contributed by atoms with Gasteiger partial charge in [-0.05, 0) is 81.4 Å². The van der Waals surface area contributed by atoms with Crippen molar-refractivity contribution in [1.29, 1.82) is 0 Å². The second-order valence-electron chi connectivity index (χ2n) is 11.4. The summed E-state index contributed by atoms with van der Waals surface area (Å²) in [4.78, 5) is 40.7. The number of hydrogen-bond donors (Lipinski definition) is 1. The van der Waals surface area contributed by atoms with Gasteiger partial charge in [-0.2, -0.15) is 5.10 Å². The van der Waals surface area contributed by atoms with Crippen molar-refractivity contribution in [1.82, 2.24) is 20.0 Å². The number of likely N-dealkylation sites (tertiary alicyclic amines) is 1. The number of ether oxygens (including phenoxy) is 2. The molecule has 0 unspecified atom stereocenters. The predicted octanol–water partition coefficient (Wildman–Crippen LogP) is 3.65. The molecule has 9 heteroatoms. The first kappa shape index (κ1) is 27.4. The molecule has 0 aliphatic carbocycles. The fourth-order valence-electron chi connectivity index (χ4n) is 6.08. The molecule has 1 N–H and O–H groups in total. The van der Waals surface area contributed by atoms with Crippen LogP contribution in [0.5, 0.6) is 0 Å². The number of carbonyl (C=O) groups is 3. The highest BCUT2D eigenvalue weighted by molar-refractivity contribution is 5.98. The van der Waals surface area contributed by atoms with Crippen molar-refractivity contribution in [2.24, 2.45) is 11.3 Å². The van der Waals surface area contributed by atoms with Crippen molar-refractivity contribution < 1.29 is 23.9 Å². The van der Waals surface area contributed by atoms with Crippen LogP contribution in [0.4, 0.5) is 0 Å². The Labute approximate surface area is 230 Å². The first-order valence-corrected chi connectivity index (χ1v) is 14.4. The lowest BCUT2D eigenvalue weighted by atomic mass is 9.75. The average molecular weight is 537 g/mol. The number of carbonyl (C=O) groups excluding carboxylic acids is 3. The van der Waals surface area contributed by atoms with Crippen LogP contribution in [0.2, 0.25) is 0 Å². The van der Waals surface area contributed by atoms with Crippen molar-refractivity contribution in [2.75, 3.05) is 39.5 Å². The largest absolute Gasteiger partial charge is 0.462 e. The number of aromatic nitrogens is 2. The molecular weight excluding hydrogens is 496 g/mol. The number of amides is 2. The van der Waals surface area contributed by atoms with Crippen LogP contribution in [0, 0.1) is 11.3 Å². The first-order chi connectivity index (χ1) is 18.9. The van der Waals surface area contributed by atoms with E-state index in [2.05, 4.69) is 5.32 Å². The molecule has 9 nitrogen and oxygen atoms in total. The smallest absolute Gasteiger partial charge is 0.338 e. The Balaban J connectivity index is 1.25. The van der Waals surface area contributed by atoms with E-state index in [0.29, 0.717) is 49.5 Å². The highest BCUT2D eigenvalue weighted by atomic mass is 16.5. The third-order valence-electron chi connectivity index (χ3n) is 8.41. The molecule has 210 valence electrons. The highest BCUT2D eigenvalue weighted by Gasteiger charge is 2.39. The Morgan fingerprint density at radius 2 is 1.90 bits per heavy atom. The SMILES string of the molecule is CCn1nc(C[C@@H](C)COC(=O)c2cccc(C(=O)N3CCCCC3)c2)c2c1C(=O)NCC1(CCOCC1)C2. The summed E-state index contributed by atoms with van der Waals surface area (Å²) in [6.07, 6.45) is 6.42. The number of piperidine rings is 1. The molecule has 0 bridgehead atoms. The third kappa shape index (κ3) is 6.03. The van der Waals surface area contributed by atoms with E-state index in [-0.39, 0.29) is 29.8 Å². The first-order valence-electron chi connectivity index (χ1n) is 14.4. The topological polar surface area (TPSA) is 103 Å². The summed E-state index contributed by atoms with van der Waals surface area (Å²) in [7, 11) is 0. The standard InChI is InChI=1S/C30H40N4O5/c1-3-34-26-24(18-30(20-31-27(26)35)10-14-38-15-11-30)25(32-34)16-21(2)19-39-29(37)23-9-7-8-22(17-23)28(36)33-12-5-4-6-13-33/h7-9,17,21H,3-6,10-16,18-20H2,1-2H3,(H,31,35)/t21-/m1/s1. The van der Waals surface area contributed by atoms with Gasteiger partial charge in [0.1, 0.15) is 5.69 Å². The Bertz CT molecular complexity index is 1210. The summed E-state index contributed by atoms with van der Waals surface area (Å²) in [6, 6.07) is 6.82. The summed E-state index contributed by atoms with van der Waals surface area (Å²) in [5.41, 5.74) is 3.49. The summed E-state index contributed by atoms with van der Waals surface area (Å²) in [5.74, 6) is -0.523. The second-order valence-corrected chi connectivity index (χ2v) is 11.4. The van der Waals surface area contributed by atoms with E-state index in [9.17, 15) is 14.4 Å². The molecule has 2 saturated heterocycles. The molecule has 2 amide bonds. The fourth-order valence-corrected chi connectivity index (χ4v) is 6.08. The van der Waals surface area contributed by atoms with Crippen molar-refractivity contribution in [3.8, 4) is 0 Å². The number of benzene rings is 1. The molecule has 1 aromatic carbocycles. The quantitative estimate of drug-likeness (QED) is 0.542. The molecule has 0 saturated carbocycles. The number of nitrogens with one attached hydrogen (secondary N) is 1. The van der Waals surface area contributed by atoms with E-state index in [4.69, 9.17) is 14.6 Å². The maximum Gasteiger partial charge on any atom is 0.338 e. The van der Waals surface area contributed by atoms with Crippen molar-refractivity contribution in [3.63, 3.8) is 0 Å². The Morgan fingerprint density at radius 1 is 1.15 bits per heavy atom. The number of rotatable bonds is 7. The lowest BCUT2D eigenvalue weighted by Crippen LogP contribution is -2.40. The van der Waals surface area contributed by atoms with Crippen LogP contribution in [0.3, 0.4) is 0 Å². The van der Waals surface area contributed by atoms with E-state index in [0.717, 1.165) is 62.9 Å². The molecule has 3 aliphatic rings. The van der Waals surface area contributed by atoms with E-state index < -0.39 is 5.97 Å². The zero-order chi connectivity index (χ0) is 27.4. The van der Waals surface area contributed by atoms with Gasteiger partial charge in [-0.15, -0.1) is 0 Å². The normalized spacial score (nSPS) is 19.6. The zero-order valence-corrected chi connectivity index (χ0v) is 23.2. The van der Waals surface area contributed by atoms with Crippen molar-refractivity contribution in [2.45, 2.75) is 65.3 Å². The van der Waals surface area contributed by atoms with Crippen LogP contribution in [0.15, 0.2) is 24.3 Å². The molecule has 1 atom stereocenters. The zero-order valence-electron chi connectivity index (χ0n) is 23.2. The van der Waals surface area contributed by atoms with Gasteiger partial charge in [-0.1, -0.05) is 13.0 Å². The summed E-state index contributed by atoms with van der Waals surface area (Å²) >= 11 is 0. The maximum absolute atomic E-state index is 13.1. The third-order valence-corrected chi connectivity index (χ3v) is 8.41.